The molecule has 0 aromatic heterocycles. The van der Waals surface area contributed by atoms with E-state index in [4.69, 9.17) is 9.47 Å². The van der Waals surface area contributed by atoms with Crippen LogP contribution in [0.15, 0.2) is 0 Å². The van der Waals surface area contributed by atoms with Crippen molar-refractivity contribution in [2.45, 2.75) is 70.6 Å². The van der Waals surface area contributed by atoms with Crippen molar-refractivity contribution in [3.63, 3.8) is 0 Å². The number of rotatable bonds is 4. The Hall–Kier alpha value is -1.30. The highest BCUT2D eigenvalue weighted by atomic mass is 16.6. The topological polar surface area (TPSA) is 67.9 Å². The Morgan fingerprint density at radius 1 is 1.22 bits per heavy atom. The van der Waals surface area contributed by atoms with Gasteiger partial charge in [0.15, 0.2) is 0 Å². The van der Waals surface area contributed by atoms with Crippen molar-refractivity contribution >= 4 is 12.1 Å². The zero-order valence-electron chi connectivity index (χ0n) is 14.8. The summed E-state index contributed by atoms with van der Waals surface area (Å²) in [6.45, 7) is 7.31. The Bertz CT molecular complexity index is 429. The molecular weight excluding hydrogens is 296 g/mol. The third-order valence-corrected chi connectivity index (χ3v) is 4.56. The van der Waals surface area contributed by atoms with Gasteiger partial charge in [0.05, 0.1) is 7.11 Å². The summed E-state index contributed by atoms with van der Waals surface area (Å²) in [6, 6.07) is 0.618. The van der Waals surface area contributed by atoms with Gasteiger partial charge in [-0.2, -0.15) is 0 Å². The summed E-state index contributed by atoms with van der Waals surface area (Å²) in [6.07, 6.45) is 4.51. The number of ether oxygens (including phenoxy) is 2. The third kappa shape index (κ3) is 5.68. The van der Waals surface area contributed by atoms with E-state index in [9.17, 15) is 9.59 Å². The van der Waals surface area contributed by atoms with Gasteiger partial charge in [0, 0.05) is 31.6 Å². The number of esters is 1. The number of likely N-dealkylation sites (tertiary alicyclic amines) is 1. The summed E-state index contributed by atoms with van der Waals surface area (Å²) < 4.78 is 10.2. The van der Waals surface area contributed by atoms with Crippen molar-refractivity contribution in [2.75, 3.05) is 20.2 Å². The van der Waals surface area contributed by atoms with Gasteiger partial charge >= 0.3 is 12.1 Å². The van der Waals surface area contributed by atoms with Crippen LogP contribution in [0, 0.1) is 5.92 Å². The fraction of sp³-hybridized carbons (Fsp3) is 0.882. The number of alkyl carbamates (subject to hydrolysis) is 1. The van der Waals surface area contributed by atoms with E-state index in [0.717, 1.165) is 19.5 Å². The van der Waals surface area contributed by atoms with Gasteiger partial charge < -0.3 is 14.8 Å². The van der Waals surface area contributed by atoms with Gasteiger partial charge in [-0.15, -0.1) is 0 Å². The van der Waals surface area contributed by atoms with E-state index in [0.29, 0.717) is 12.5 Å². The smallest absolute Gasteiger partial charge is 0.407 e. The second-order valence-corrected chi connectivity index (χ2v) is 7.76. The minimum Gasteiger partial charge on any atom is -0.469 e. The fourth-order valence-corrected chi connectivity index (χ4v) is 3.34. The Labute approximate surface area is 138 Å². The van der Waals surface area contributed by atoms with Crippen LogP contribution in [-0.4, -0.2) is 54.8 Å². The summed E-state index contributed by atoms with van der Waals surface area (Å²) in [5, 5.41) is 2.97. The van der Waals surface area contributed by atoms with Crippen LogP contribution < -0.4 is 5.32 Å². The lowest BCUT2D eigenvalue weighted by Gasteiger charge is -2.45. The van der Waals surface area contributed by atoms with Gasteiger partial charge in [-0.25, -0.2) is 4.79 Å². The average molecular weight is 326 g/mol. The van der Waals surface area contributed by atoms with E-state index in [-0.39, 0.29) is 24.0 Å². The lowest BCUT2D eigenvalue weighted by atomic mass is 9.85. The van der Waals surface area contributed by atoms with E-state index in [2.05, 4.69) is 10.2 Å². The lowest BCUT2D eigenvalue weighted by Crippen LogP contribution is -2.55. The van der Waals surface area contributed by atoms with Crippen molar-refractivity contribution < 1.29 is 19.1 Å². The van der Waals surface area contributed by atoms with Gasteiger partial charge in [-0.3, -0.25) is 9.69 Å². The van der Waals surface area contributed by atoms with Crippen LogP contribution in [-0.2, 0) is 14.3 Å². The van der Waals surface area contributed by atoms with E-state index in [1.54, 1.807) is 0 Å². The van der Waals surface area contributed by atoms with Crippen molar-refractivity contribution in [2.24, 2.45) is 5.92 Å². The first-order chi connectivity index (χ1) is 10.8. The van der Waals surface area contributed by atoms with E-state index >= 15 is 0 Å². The van der Waals surface area contributed by atoms with Crippen molar-refractivity contribution in [1.29, 1.82) is 0 Å². The van der Waals surface area contributed by atoms with Crippen LogP contribution in [0.2, 0.25) is 0 Å². The molecule has 0 bridgehead atoms. The molecule has 0 spiro atoms. The van der Waals surface area contributed by atoms with Crippen molar-refractivity contribution in [1.82, 2.24) is 10.2 Å². The Balaban J connectivity index is 1.93. The van der Waals surface area contributed by atoms with Gasteiger partial charge in [-0.1, -0.05) is 6.42 Å². The standard InChI is InChI=1S/C17H30N2O4/c1-17(2,3)23-16(21)18-13-8-12(9-15(20)22-4)10-19(11-13)14-6-5-7-14/h12-14H,5-11H2,1-4H3,(H,18,21). The molecule has 2 unspecified atom stereocenters. The van der Waals surface area contributed by atoms with Crippen molar-refractivity contribution in [3.8, 4) is 0 Å². The Kier molecular flexibility index (Phi) is 5.89. The van der Waals surface area contributed by atoms with E-state index in [1.807, 2.05) is 20.8 Å². The first-order valence-corrected chi connectivity index (χ1v) is 8.57. The predicted molar refractivity (Wildman–Crippen MR) is 87.1 cm³/mol. The molecule has 1 N–H and O–H groups in total. The summed E-state index contributed by atoms with van der Waals surface area (Å²) in [4.78, 5) is 26.1. The minimum absolute atomic E-state index is 0.0221. The van der Waals surface area contributed by atoms with Crippen LogP contribution in [0.4, 0.5) is 4.79 Å². The van der Waals surface area contributed by atoms with Crippen LogP contribution in [0.25, 0.3) is 0 Å². The van der Waals surface area contributed by atoms with E-state index < -0.39 is 5.60 Å². The molecule has 1 saturated heterocycles. The second-order valence-electron chi connectivity index (χ2n) is 7.76. The Morgan fingerprint density at radius 3 is 2.43 bits per heavy atom. The maximum absolute atomic E-state index is 12.0. The molecule has 0 radical (unpaired) electrons. The third-order valence-electron chi connectivity index (χ3n) is 4.56. The highest BCUT2D eigenvalue weighted by Gasteiger charge is 2.35. The molecule has 6 nitrogen and oxygen atoms in total. The SMILES string of the molecule is COC(=O)CC1CC(NC(=O)OC(C)(C)C)CN(C2CCC2)C1. The molecule has 1 heterocycles. The molecule has 1 amide bonds. The number of methoxy groups -OCH3 is 1. The molecule has 1 saturated carbocycles. The van der Waals surface area contributed by atoms with Crippen LogP contribution >= 0.6 is 0 Å². The molecule has 1 aliphatic heterocycles. The number of piperidine rings is 1. The van der Waals surface area contributed by atoms with Crippen molar-refractivity contribution in [3.05, 3.63) is 0 Å². The molecule has 132 valence electrons. The Morgan fingerprint density at radius 2 is 1.91 bits per heavy atom. The quantitative estimate of drug-likeness (QED) is 0.803. The molecule has 2 fully saturated rings. The van der Waals surface area contributed by atoms with Gasteiger partial charge in [0.1, 0.15) is 5.60 Å². The monoisotopic (exact) mass is 326 g/mol. The largest absolute Gasteiger partial charge is 0.469 e. The number of hydrogen-bond donors (Lipinski definition) is 1. The van der Waals surface area contributed by atoms with Crippen LogP contribution in [0.1, 0.15) is 52.9 Å². The molecular formula is C17H30N2O4. The van der Waals surface area contributed by atoms with Crippen LogP contribution in [0.3, 0.4) is 0 Å². The van der Waals surface area contributed by atoms with E-state index in [1.165, 1.54) is 26.4 Å². The highest BCUT2D eigenvalue weighted by Crippen LogP contribution is 2.30. The maximum atomic E-state index is 12.0. The molecule has 1 aliphatic carbocycles. The highest BCUT2D eigenvalue weighted by molar-refractivity contribution is 5.70. The first-order valence-electron chi connectivity index (χ1n) is 8.57. The summed E-state index contributed by atoms with van der Waals surface area (Å²) >= 11 is 0. The molecule has 0 aromatic rings. The molecule has 2 atom stereocenters. The predicted octanol–water partition coefficient (Wildman–Crippen LogP) is 2.32. The number of nitrogens with one attached hydrogen (secondary N) is 1. The average Bonchev–Trinajstić information content (AvgIpc) is 2.33. The lowest BCUT2D eigenvalue weighted by molar-refractivity contribution is -0.142. The van der Waals surface area contributed by atoms with Gasteiger partial charge in [0.2, 0.25) is 0 Å². The molecule has 2 rings (SSSR count). The minimum atomic E-state index is -0.502. The summed E-state index contributed by atoms with van der Waals surface area (Å²) in [5.41, 5.74) is -0.502. The molecule has 6 heteroatoms. The number of nitrogens with zero attached hydrogens (tertiary/aromatic N) is 1. The summed E-state index contributed by atoms with van der Waals surface area (Å²) in [5.74, 6) is 0.0400. The van der Waals surface area contributed by atoms with Gasteiger partial charge in [0.25, 0.3) is 0 Å². The first kappa shape index (κ1) is 18.0. The molecule has 0 aromatic carbocycles. The second kappa shape index (κ2) is 7.51. The number of amides is 1. The fourth-order valence-electron chi connectivity index (χ4n) is 3.34. The van der Waals surface area contributed by atoms with Gasteiger partial charge in [-0.05, 0) is 46.0 Å². The zero-order valence-corrected chi connectivity index (χ0v) is 14.8. The summed E-state index contributed by atoms with van der Waals surface area (Å²) in [7, 11) is 1.42. The maximum Gasteiger partial charge on any atom is 0.407 e. The zero-order chi connectivity index (χ0) is 17.0. The molecule has 23 heavy (non-hydrogen) atoms. The number of carbonyl (C=O) groups excluding carboxylic acids is 2. The van der Waals surface area contributed by atoms with Crippen LogP contribution in [0.5, 0.6) is 0 Å². The number of hydrogen-bond acceptors (Lipinski definition) is 5. The normalized spacial score (nSPS) is 26.3. The number of carbonyl (C=O) groups is 2. The molecule has 2 aliphatic rings.